The average molecular weight is 445 g/mol. The molecule has 0 bridgehead atoms. The Hall–Kier alpha value is -3.43. The van der Waals surface area contributed by atoms with E-state index in [1.165, 1.54) is 19.9 Å². The van der Waals surface area contributed by atoms with Crippen LogP contribution in [0.5, 0.6) is 0 Å². The van der Waals surface area contributed by atoms with Gasteiger partial charge in [-0.2, -0.15) is 18.3 Å². The van der Waals surface area contributed by atoms with E-state index < -0.39 is 11.7 Å². The normalized spacial score (nSPS) is 13.3. The summed E-state index contributed by atoms with van der Waals surface area (Å²) >= 11 is 0. The van der Waals surface area contributed by atoms with Gasteiger partial charge in [-0.15, -0.1) is 0 Å². The second kappa shape index (κ2) is 8.25. The van der Waals surface area contributed by atoms with Crippen LogP contribution in [0.25, 0.3) is 0 Å². The van der Waals surface area contributed by atoms with Gasteiger partial charge in [0.15, 0.2) is 0 Å². The monoisotopic (exact) mass is 445 g/mol. The Morgan fingerprint density at radius 2 is 1.91 bits per heavy atom. The van der Waals surface area contributed by atoms with Crippen LogP contribution < -0.4 is 11.2 Å². The summed E-state index contributed by atoms with van der Waals surface area (Å²) in [6.07, 6.45) is -0.224. The van der Waals surface area contributed by atoms with Crippen LogP contribution in [0.4, 0.5) is 19.0 Å². The molecule has 0 saturated heterocycles. The number of halogens is 3. The van der Waals surface area contributed by atoms with E-state index in [0.29, 0.717) is 47.7 Å². The number of alkyl halides is 3. The molecule has 0 spiro atoms. The molecule has 168 valence electrons. The molecule has 0 atom stereocenters. The van der Waals surface area contributed by atoms with Gasteiger partial charge >= 0.3 is 11.9 Å². The summed E-state index contributed by atoms with van der Waals surface area (Å²) in [5, 5.41) is 4.24. The minimum atomic E-state index is -4.41. The Morgan fingerprint density at radius 1 is 1.12 bits per heavy atom. The summed E-state index contributed by atoms with van der Waals surface area (Å²) in [5.41, 5.74) is 0.788. The lowest BCUT2D eigenvalue weighted by Crippen LogP contribution is -2.41. The van der Waals surface area contributed by atoms with Gasteiger partial charge < -0.3 is 0 Å². The lowest BCUT2D eigenvalue weighted by Gasteiger charge is -2.11. The Labute approximate surface area is 181 Å². The molecule has 32 heavy (non-hydrogen) atoms. The maximum atomic E-state index is 13.0. The topological polar surface area (TPSA) is 74.2 Å². The van der Waals surface area contributed by atoms with Gasteiger partial charge in [-0.1, -0.05) is 19.1 Å². The maximum Gasteiger partial charge on any atom is 0.416 e. The summed E-state index contributed by atoms with van der Waals surface area (Å²) in [4.78, 5) is 30.1. The van der Waals surface area contributed by atoms with E-state index >= 15 is 0 Å². The molecule has 0 amide bonds. The van der Waals surface area contributed by atoms with Crippen molar-refractivity contribution in [3.63, 3.8) is 0 Å². The second-order valence-electron chi connectivity index (χ2n) is 7.65. The third-order valence-electron chi connectivity index (χ3n) is 5.40. The molecule has 1 aliphatic heterocycles. The van der Waals surface area contributed by atoms with Crippen molar-refractivity contribution in [1.29, 1.82) is 0 Å². The van der Waals surface area contributed by atoms with Crippen LogP contribution in [0.2, 0.25) is 0 Å². The van der Waals surface area contributed by atoms with Crippen molar-refractivity contribution < 1.29 is 13.2 Å². The highest BCUT2D eigenvalue weighted by molar-refractivity contribution is 6.05. The number of rotatable bonds is 6. The number of aromatic nitrogens is 4. The minimum Gasteiger partial charge on any atom is -0.278 e. The molecule has 0 fully saturated rings. The second-order valence-corrected chi connectivity index (χ2v) is 7.65. The molecule has 10 heteroatoms. The van der Waals surface area contributed by atoms with Crippen LogP contribution in [0, 0.1) is 0 Å². The van der Waals surface area contributed by atoms with E-state index in [9.17, 15) is 22.8 Å². The first-order chi connectivity index (χ1) is 15.2. The molecular formula is C22H22F3N5O2. The van der Waals surface area contributed by atoms with Crippen LogP contribution in [-0.2, 0) is 32.2 Å². The number of hydrogen-bond acceptors (Lipinski definition) is 4. The third-order valence-corrected chi connectivity index (χ3v) is 5.40. The van der Waals surface area contributed by atoms with Gasteiger partial charge in [-0.25, -0.2) is 9.79 Å². The van der Waals surface area contributed by atoms with Crippen LogP contribution in [0.1, 0.15) is 42.5 Å². The molecule has 0 radical (unpaired) electrons. The molecule has 7 nitrogen and oxygen atoms in total. The Morgan fingerprint density at radius 3 is 2.59 bits per heavy atom. The molecule has 1 aliphatic rings. The van der Waals surface area contributed by atoms with E-state index in [1.807, 2.05) is 13.8 Å². The number of nitrogens with zero attached hydrogens (tertiary/aromatic N) is 5. The number of benzene rings is 1. The zero-order chi connectivity index (χ0) is 23.0. The first-order valence-corrected chi connectivity index (χ1v) is 10.4. The molecule has 0 N–H and O–H groups in total. The third kappa shape index (κ3) is 3.92. The zero-order valence-corrected chi connectivity index (χ0v) is 17.7. The molecule has 4 rings (SSSR count). The molecule has 1 aromatic carbocycles. The predicted molar refractivity (Wildman–Crippen MR) is 114 cm³/mol. The van der Waals surface area contributed by atoms with Gasteiger partial charge in [0, 0.05) is 31.3 Å². The van der Waals surface area contributed by atoms with E-state index in [-0.39, 0.29) is 24.2 Å². The summed E-state index contributed by atoms with van der Waals surface area (Å²) < 4.78 is 43.1. The molecular weight excluding hydrogens is 423 g/mol. The van der Waals surface area contributed by atoms with E-state index in [1.54, 1.807) is 18.5 Å². The minimum absolute atomic E-state index is 0.160. The van der Waals surface area contributed by atoms with Crippen LogP contribution >= 0.6 is 0 Å². The van der Waals surface area contributed by atoms with E-state index in [0.717, 1.165) is 12.1 Å². The fourth-order valence-electron chi connectivity index (χ4n) is 3.87. The Bertz CT molecular complexity index is 1310. The van der Waals surface area contributed by atoms with Crippen molar-refractivity contribution in [3.8, 4) is 0 Å². The van der Waals surface area contributed by atoms with Gasteiger partial charge in [0.05, 0.1) is 29.6 Å². The molecule has 3 heterocycles. The number of fused-ring (bicyclic) bond motifs is 1. The molecule has 3 aromatic rings. The summed E-state index contributed by atoms with van der Waals surface area (Å²) in [6, 6.07) is 5.10. The van der Waals surface area contributed by atoms with E-state index in [4.69, 9.17) is 0 Å². The Balaban J connectivity index is 1.63. The van der Waals surface area contributed by atoms with Crippen molar-refractivity contribution in [2.45, 2.75) is 52.5 Å². The highest BCUT2D eigenvalue weighted by Crippen LogP contribution is 2.30. The van der Waals surface area contributed by atoms with Gasteiger partial charge in [0.25, 0.3) is 5.56 Å². The summed E-state index contributed by atoms with van der Waals surface area (Å²) in [6.45, 7) is 4.61. The van der Waals surface area contributed by atoms with Gasteiger partial charge in [0.1, 0.15) is 5.82 Å². The van der Waals surface area contributed by atoms with E-state index in [2.05, 4.69) is 10.1 Å². The van der Waals surface area contributed by atoms with Gasteiger partial charge in [0.2, 0.25) is 0 Å². The van der Waals surface area contributed by atoms with Gasteiger partial charge in [-0.05, 0) is 31.0 Å². The molecule has 0 unspecified atom stereocenters. The largest absolute Gasteiger partial charge is 0.416 e. The SMILES string of the molecule is CCCn1c(=O)c2c(n(CC)c1=O)N=C(c1cnn(Cc3cccc(C(F)(F)F)c3)c1)C2. The van der Waals surface area contributed by atoms with Crippen molar-refractivity contribution in [2.24, 2.45) is 4.99 Å². The van der Waals surface area contributed by atoms with Crippen molar-refractivity contribution >= 4 is 11.5 Å². The quantitative estimate of drug-likeness (QED) is 0.584. The maximum absolute atomic E-state index is 13.0. The highest BCUT2D eigenvalue weighted by Gasteiger charge is 2.30. The fraction of sp³-hybridized carbons (Fsp3) is 0.364. The standard InChI is InChI=1S/C22H22F3N5O2/c1-3-8-30-20(31)17-10-18(27-19(17)29(4-2)21(30)32)15-11-26-28(13-15)12-14-6-5-7-16(9-14)22(23,24)25/h5-7,9,11,13H,3-4,8,10,12H2,1-2H3. The Kier molecular flexibility index (Phi) is 5.62. The van der Waals surface area contributed by atoms with Crippen LogP contribution in [0.15, 0.2) is 51.2 Å². The molecule has 0 saturated carbocycles. The average Bonchev–Trinajstić information content (AvgIpc) is 3.39. The number of aliphatic imine (C=N–C) groups is 1. The zero-order valence-electron chi connectivity index (χ0n) is 17.7. The predicted octanol–water partition coefficient (Wildman–Crippen LogP) is 3.38. The van der Waals surface area contributed by atoms with Crippen LogP contribution in [0.3, 0.4) is 0 Å². The first kappa shape index (κ1) is 21.8. The first-order valence-electron chi connectivity index (χ1n) is 10.4. The molecule has 2 aromatic heterocycles. The van der Waals surface area contributed by atoms with Crippen molar-refractivity contribution in [2.75, 3.05) is 0 Å². The highest BCUT2D eigenvalue weighted by atomic mass is 19.4. The summed E-state index contributed by atoms with van der Waals surface area (Å²) in [5.74, 6) is 0.371. The lowest BCUT2D eigenvalue weighted by molar-refractivity contribution is -0.137. The summed E-state index contributed by atoms with van der Waals surface area (Å²) in [7, 11) is 0. The van der Waals surface area contributed by atoms with Crippen molar-refractivity contribution in [1.82, 2.24) is 18.9 Å². The lowest BCUT2D eigenvalue weighted by atomic mass is 10.1. The fourth-order valence-corrected chi connectivity index (χ4v) is 3.87. The smallest absolute Gasteiger partial charge is 0.278 e. The van der Waals surface area contributed by atoms with Crippen molar-refractivity contribution in [3.05, 3.63) is 79.8 Å². The van der Waals surface area contributed by atoms with Gasteiger partial charge in [-0.3, -0.25) is 18.6 Å². The molecule has 0 aliphatic carbocycles. The number of hydrogen-bond donors (Lipinski definition) is 0. The van der Waals surface area contributed by atoms with Crippen LogP contribution in [-0.4, -0.2) is 24.6 Å².